The zero-order valence-electron chi connectivity index (χ0n) is 15.1. The van der Waals surface area contributed by atoms with Crippen LogP contribution in [0.5, 0.6) is 0 Å². The molecule has 0 aliphatic heterocycles. The van der Waals surface area contributed by atoms with Crippen LogP contribution in [0, 0.1) is 18.6 Å². The first-order valence-corrected chi connectivity index (χ1v) is 8.02. The molecule has 7 heteroatoms. The molecule has 2 aromatic carbocycles. The average Bonchev–Trinajstić information content (AvgIpc) is 2.54. The summed E-state index contributed by atoms with van der Waals surface area (Å²) in [7, 11) is 0. The van der Waals surface area contributed by atoms with Crippen LogP contribution in [0.15, 0.2) is 42.5 Å². The van der Waals surface area contributed by atoms with Gasteiger partial charge in [0.25, 0.3) is 5.91 Å². The number of nitrogens with one attached hydrogen (secondary N) is 2. The van der Waals surface area contributed by atoms with Crippen molar-refractivity contribution in [3.63, 3.8) is 0 Å². The van der Waals surface area contributed by atoms with Gasteiger partial charge in [-0.3, -0.25) is 4.79 Å². The number of urea groups is 1. The first kappa shape index (κ1) is 19.4. The van der Waals surface area contributed by atoms with Crippen molar-refractivity contribution >= 4 is 17.6 Å². The molecule has 0 atom stereocenters. The molecule has 0 fully saturated rings. The van der Waals surface area contributed by atoms with Crippen LogP contribution in [0.25, 0.3) is 0 Å². The minimum atomic E-state index is -0.856. The van der Waals surface area contributed by atoms with Crippen molar-refractivity contribution in [2.24, 2.45) is 0 Å². The SMILES string of the molecule is Cc1cccc(C(=O)N(NC(=O)Nc2cc(F)ccc2F)C(C)(C)C)c1. The zero-order chi connectivity index (χ0) is 19.5. The fourth-order valence-electron chi connectivity index (χ4n) is 2.28. The lowest BCUT2D eigenvalue weighted by atomic mass is 10.1. The lowest BCUT2D eigenvalue weighted by Crippen LogP contribution is -2.56. The molecule has 0 spiro atoms. The van der Waals surface area contributed by atoms with Crippen molar-refractivity contribution in [1.29, 1.82) is 0 Å². The number of benzene rings is 2. The van der Waals surface area contributed by atoms with E-state index in [4.69, 9.17) is 0 Å². The Bertz CT molecular complexity index is 832. The highest BCUT2D eigenvalue weighted by Crippen LogP contribution is 2.18. The topological polar surface area (TPSA) is 61.4 Å². The second kappa shape index (κ2) is 7.51. The van der Waals surface area contributed by atoms with E-state index in [0.717, 1.165) is 28.8 Å². The summed E-state index contributed by atoms with van der Waals surface area (Å²) in [5.74, 6) is -1.89. The highest BCUT2D eigenvalue weighted by atomic mass is 19.1. The number of carbonyl (C=O) groups is 2. The van der Waals surface area contributed by atoms with Gasteiger partial charge in [0.2, 0.25) is 0 Å². The molecule has 5 nitrogen and oxygen atoms in total. The lowest BCUT2D eigenvalue weighted by Gasteiger charge is -2.35. The van der Waals surface area contributed by atoms with Gasteiger partial charge in [0.15, 0.2) is 0 Å². The predicted molar refractivity (Wildman–Crippen MR) is 95.6 cm³/mol. The number of carbonyl (C=O) groups excluding carboxylic acids is 2. The molecular formula is C19H21F2N3O2. The summed E-state index contributed by atoms with van der Waals surface area (Å²) >= 11 is 0. The Balaban J connectivity index is 2.21. The molecule has 0 saturated heterocycles. The van der Waals surface area contributed by atoms with Crippen LogP contribution in [-0.2, 0) is 0 Å². The van der Waals surface area contributed by atoms with Gasteiger partial charge in [0.05, 0.1) is 11.2 Å². The van der Waals surface area contributed by atoms with Gasteiger partial charge in [0, 0.05) is 11.6 Å². The average molecular weight is 361 g/mol. The molecule has 0 aliphatic rings. The second-order valence-corrected chi connectivity index (χ2v) is 6.87. The van der Waals surface area contributed by atoms with Crippen LogP contribution in [0.1, 0.15) is 36.7 Å². The molecule has 26 heavy (non-hydrogen) atoms. The molecule has 3 amide bonds. The normalized spacial score (nSPS) is 11.0. The number of hydrogen-bond donors (Lipinski definition) is 2. The third kappa shape index (κ3) is 4.78. The molecule has 2 N–H and O–H groups in total. The summed E-state index contributed by atoms with van der Waals surface area (Å²) in [6.45, 7) is 7.07. The number of halogens is 2. The quantitative estimate of drug-likeness (QED) is 0.786. The third-order valence-corrected chi connectivity index (χ3v) is 3.53. The maximum Gasteiger partial charge on any atom is 0.338 e. The van der Waals surface area contributed by atoms with Gasteiger partial charge in [-0.1, -0.05) is 17.7 Å². The summed E-state index contributed by atoms with van der Waals surface area (Å²) in [6.07, 6.45) is 0. The number of hydrogen-bond acceptors (Lipinski definition) is 2. The molecule has 0 bridgehead atoms. The Hall–Kier alpha value is -2.96. The van der Waals surface area contributed by atoms with Crippen LogP contribution in [0.3, 0.4) is 0 Å². The number of nitrogens with zero attached hydrogens (tertiary/aromatic N) is 1. The van der Waals surface area contributed by atoms with E-state index in [1.54, 1.807) is 39.0 Å². The summed E-state index contributed by atoms with van der Waals surface area (Å²) in [4.78, 5) is 25.0. The minimum absolute atomic E-state index is 0.320. The minimum Gasteiger partial charge on any atom is -0.304 e. The van der Waals surface area contributed by atoms with Gasteiger partial charge in [0.1, 0.15) is 11.6 Å². The third-order valence-electron chi connectivity index (χ3n) is 3.53. The second-order valence-electron chi connectivity index (χ2n) is 6.87. The van der Waals surface area contributed by atoms with Gasteiger partial charge in [-0.05, 0) is 52.0 Å². The molecule has 0 aliphatic carbocycles. The molecular weight excluding hydrogens is 340 g/mol. The molecule has 138 valence electrons. The Kier molecular flexibility index (Phi) is 5.59. The zero-order valence-corrected chi connectivity index (χ0v) is 15.1. The highest BCUT2D eigenvalue weighted by molar-refractivity contribution is 5.97. The Morgan fingerprint density at radius 2 is 1.73 bits per heavy atom. The highest BCUT2D eigenvalue weighted by Gasteiger charge is 2.29. The Labute approximate surface area is 151 Å². The first-order valence-electron chi connectivity index (χ1n) is 8.02. The number of rotatable bonds is 2. The standard InChI is InChI=1S/C19H21F2N3O2/c1-12-6-5-7-13(10-12)17(25)24(19(2,3)4)23-18(26)22-16-11-14(20)8-9-15(16)21/h5-11H,1-4H3,(H2,22,23,26). The Morgan fingerprint density at radius 3 is 2.35 bits per heavy atom. The number of aryl methyl sites for hydroxylation is 1. The van der Waals surface area contributed by atoms with E-state index in [1.165, 1.54) is 0 Å². The Morgan fingerprint density at radius 1 is 1.04 bits per heavy atom. The van der Waals surface area contributed by atoms with E-state index in [1.807, 2.05) is 13.0 Å². The molecule has 0 aromatic heterocycles. The van der Waals surface area contributed by atoms with Crippen LogP contribution >= 0.6 is 0 Å². The first-order chi connectivity index (χ1) is 12.1. The number of anilines is 1. The smallest absolute Gasteiger partial charge is 0.304 e. The monoisotopic (exact) mass is 361 g/mol. The fraction of sp³-hybridized carbons (Fsp3) is 0.263. The van der Waals surface area contributed by atoms with E-state index in [9.17, 15) is 18.4 Å². The summed E-state index contributed by atoms with van der Waals surface area (Å²) in [5, 5.41) is 3.36. The number of hydrazine groups is 1. The maximum atomic E-state index is 13.7. The van der Waals surface area contributed by atoms with E-state index in [0.29, 0.717) is 5.56 Å². The van der Waals surface area contributed by atoms with Gasteiger partial charge < -0.3 is 5.32 Å². The molecule has 2 rings (SSSR count). The van der Waals surface area contributed by atoms with Crippen LogP contribution in [0.4, 0.5) is 19.3 Å². The van der Waals surface area contributed by atoms with Crippen LogP contribution < -0.4 is 10.7 Å². The van der Waals surface area contributed by atoms with Crippen LogP contribution in [-0.4, -0.2) is 22.5 Å². The molecule has 0 unspecified atom stereocenters. The van der Waals surface area contributed by atoms with Gasteiger partial charge in [-0.2, -0.15) is 0 Å². The number of amides is 3. The molecule has 0 heterocycles. The predicted octanol–water partition coefficient (Wildman–Crippen LogP) is 4.25. The molecule has 0 radical (unpaired) electrons. The van der Waals surface area contributed by atoms with E-state index >= 15 is 0 Å². The summed E-state index contributed by atoms with van der Waals surface area (Å²) in [5.41, 5.74) is 2.64. The van der Waals surface area contributed by atoms with Crippen molar-refractivity contribution in [2.45, 2.75) is 33.2 Å². The van der Waals surface area contributed by atoms with Crippen LogP contribution in [0.2, 0.25) is 0 Å². The summed E-state index contributed by atoms with van der Waals surface area (Å²) < 4.78 is 26.9. The van der Waals surface area contributed by atoms with Crippen molar-refractivity contribution < 1.29 is 18.4 Å². The van der Waals surface area contributed by atoms with E-state index in [-0.39, 0.29) is 5.69 Å². The van der Waals surface area contributed by atoms with Gasteiger partial charge in [-0.25, -0.2) is 24.0 Å². The van der Waals surface area contributed by atoms with Crippen molar-refractivity contribution in [3.8, 4) is 0 Å². The molecule has 2 aromatic rings. The van der Waals surface area contributed by atoms with E-state index in [2.05, 4.69) is 10.7 Å². The van der Waals surface area contributed by atoms with Crippen molar-refractivity contribution in [2.75, 3.05) is 5.32 Å². The van der Waals surface area contributed by atoms with E-state index < -0.39 is 29.1 Å². The summed E-state index contributed by atoms with van der Waals surface area (Å²) in [6, 6.07) is 8.79. The van der Waals surface area contributed by atoms with Crippen molar-refractivity contribution in [1.82, 2.24) is 10.4 Å². The lowest BCUT2D eigenvalue weighted by molar-refractivity contribution is 0.0460. The van der Waals surface area contributed by atoms with Gasteiger partial charge in [-0.15, -0.1) is 0 Å². The molecule has 0 saturated carbocycles. The maximum absolute atomic E-state index is 13.7. The van der Waals surface area contributed by atoms with Gasteiger partial charge >= 0.3 is 6.03 Å². The fourth-order valence-corrected chi connectivity index (χ4v) is 2.28. The van der Waals surface area contributed by atoms with Crippen molar-refractivity contribution in [3.05, 3.63) is 65.2 Å². The largest absolute Gasteiger partial charge is 0.338 e.